The van der Waals surface area contributed by atoms with Crippen LogP contribution in [0.15, 0.2) is 6.07 Å². The van der Waals surface area contributed by atoms with Gasteiger partial charge in [0.15, 0.2) is 0 Å². The van der Waals surface area contributed by atoms with E-state index in [0.29, 0.717) is 17.8 Å². The Kier molecular flexibility index (Phi) is 4.18. The molecule has 20 heavy (non-hydrogen) atoms. The maximum Gasteiger partial charge on any atom is 0.145 e. The van der Waals surface area contributed by atoms with Crippen LogP contribution in [-0.2, 0) is 5.41 Å². The van der Waals surface area contributed by atoms with Crippen molar-refractivity contribution in [3.05, 3.63) is 11.9 Å². The van der Waals surface area contributed by atoms with Crippen LogP contribution in [0.4, 0.5) is 11.6 Å². The number of hydrogen-bond acceptors (Lipinski definition) is 5. The fraction of sp³-hybridized carbons (Fsp3) is 0.733. The van der Waals surface area contributed by atoms with Crippen molar-refractivity contribution in [3.63, 3.8) is 0 Å². The third kappa shape index (κ3) is 3.20. The molecule has 0 bridgehead atoms. The molecule has 1 aliphatic rings. The zero-order valence-corrected chi connectivity index (χ0v) is 13.3. The Morgan fingerprint density at radius 3 is 2.55 bits per heavy atom. The van der Waals surface area contributed by atoms with E-state index < -0.39 is 0 Å². The number of anilines is 2. The van der Waals surface area contributed by atoms with Gasteiger partial charge in [-0.3, -0.25) is 0 Å². The molecule has 0 aliphatic carbocycles. The van der Waals surface area contributed by atoms with Gasteiger partial charge in [-0.1, -0.05) is 27.7 Å². The summed E-state index contributed by atoms with van der Waals surface area (Å²) in [5.41, 5.74) is 2.58. The lowest BCUT2D eigenvalue weighted by Gasteiger charge is -2.38. The minimum Gasteiger partial charge on any atom is -0.353 e. The van der Waals surface area contributed by atoms with Gasteiger partial charge in [0.05, 0.1) is 0 Å². The summed E-state index contributed by atoms with van der Waals surface area (Å²) in [5.74, 6) is 8.76. The number of nitrogens with one attached hydrogen (secondary N) is 1. The van der Waals surface area contributed by atoms with Crippen molar-refractivity contribution >= 4 is 11.6 Å². The largest absolute Gasteiger partial charge is 0.353 e. The van der Waals surface area contributed by atoms with Crippen LogP contribution in [0.1, 0.15) is 53.3 Å². The summed E-state index contributed by atoms with van der Waals surface area (Å²) in [5, 5.41) is 0. The van der Waals surface area contributed by atoms with Crippen LogP contribution in [-0.4, -0.2) is 22.6 Å². The van der Waals surface area contributed by atoms with Gasteiger partial charge in [-0.2, -0.15) is 0 Å². The first kappa shape index (κ1) is 15.0. The Hall–Kier alpha value is -1.36. The van der Waals surface area contributed by atoms with E-state index >= 15 is 0 Å². The first-order chi connectivity index (χ1) is 9.31. The molecule has 2 heterocycles. The number of hydrogen-bond donors (Lipinski definition) is 2. The summed E-state index contributed by atoms with van der Waals surface area (Å²) >= 11 is 0. The third-order valence-corrected chi connectivity index (χ3v) is 3.94. The second-order valence-electron chi connectivity index (χ2n) is 7.01. The van der Waals surface area contributed by atoms with Crippen LogP contribution in [0.25, 0.3) is 0 Å². The highest BCUT2D eigenvalue weighted by Crippen LogP contribution is 2.29. The van der Waals surface area contributed by atoms with Crippen LogP contribution in [0.3, 0.4) is 0 Å². The van der Waals surface area contributed by atoms with Gasteiger partial charge in [0.2, 0.25) is 0 Å². The van der Waals surface area contributed by atoms with Crippen molar-refractivity contribution in [2.45, 2.75) is 58.9 Å². The average molecular weight is 277 g/mol. The maximum absolute atomic E-state index is 5.56. The molecule has 1 aromatic rings. The summed E-state index contributed by atoms with van der Waals surface area (Å²) in [4.78, 5) is 11.6. The van der Waals surface area contributed by atoms with Gasteiger partial charge in [-0.05, 0) is 25.7 Å². The van der Waals surface area contributed by atoms with Crippen molar-refractivity contribution in [2.75, 3.05) is 16.9 Å². The Labute approximate surface area is 121 Å². The highest BCUT2D eigenvalue weighted by molar-refractivity contribution is 5.50. The molecular formula is C15H27N5. The number of piperidine rings is 1. The molecule has 1 aliphatic heterocycles. The molecule has 0 spiro atoms. The Bertz CT molecular complexity index is 466. The molecule has 2 unspecified atom stereocenters. The number of nitrogen functional groups attached to an aromatic ring is 1. The van der Waals surface area contributed by atoms with Crippen molar-refractivity contribution < 1.29 is 0 Å². The molecule has 0 saturated carbocycles. The summed E-state index contributed by atoms with van der Waals surface area (Å²) < 4.78 is 0. The molecule has 1 aromatic heterocycles. The lowest BCUT2D eigenvalue weighted by Crippen LogP contribution is -2.42. The molecule has 112 valence electrons. The molecule has 2 rings (SSSR count). The normalized spacial score (nSPS) is 23.8. The number of hydrazine groups is 1. The Morgan fingerprint density at radius 1 is 1.25 bits per heavy atom. The van der Waals surface area contributed by atoms with E-state index in [1.54, 1.807) is 0 Å². The number of nitrogens with two attached hydrogens (primary N) is 1. The molecule has 0 amide bonds. The molecule has 5 heteroatoms. The molecule has 3 N–H and O–H groups in total. The van der Waals surface area contributed by atoms with Crippen LogP contribution in [0.5, 0.6) is 0 Å². The predicted octanol–water partition coefficient (Wildman–Crippen LogP) is 2.68. The second kappa shape index (κ2) is 5.56. The number of nitrogens with zero attached hydrogens (tertiary/aromatic N) is 3. The summed E-state index contributed by atoms with van der Waals surface area (Å²) in [7, 11) is 0. The van der Waals surface area contributed by atoms with Crippen molar-refractivity contribution in [1.29, 1.82) is 0 Å². The Balaban J connectivity index is 2.39. The molecule has 0 radical (unpaired) electrons. The molecular weight excluding hydrogens is 250 g/mol. The summed E-state index contributed by atoms with van der Waals surface area (Å²) in [6, 6.07) is 2.46. The van der Waals surface area contributed by atoms with Gasteiger partial charge in [0, 0.05) is 24.1 Å². The topological polar surface area (TPSA) is 67.1 Å². The van der Waals surface area contributed by atoms with Crippen LogP contribution in [0.2, 0.25) is 0 Å². The molecule has 5 nitrogen and oxygen atoms in total. The van der Waals surface area contributed by atoms with Gasteiger partial charge in [-0.15, -0.1) is 0 Å². The van der Waals surface area contributed by atoms with Gasteiger partial charge in [0.25, 0.3) is 0 Å². The monoisotopic (exact) mass is 277 g/mol. The summed E-state index contributed by atoms with van der Waals surface area (Å²) in [6.45, 7) is 12.0. The van der Waals surface area contributed by atoms with Crippen LogP contribution in [0, 0.1) is 5.92 Å². The fourth-order valence-corrected chi connectivity index (χ4v) is 2.60. The van der Waals surface area contributed by atoms with E-state index in [0.717, 1.165) is 18.2 Å². The maximum atomic E-state index is 5.56. The smallest absolute Gasteiger partial charge is 0.145 e. The minimum absolute atomic E-state index is 0.0910. The van der Waals surface area contributed by atoms with Gasteiger partial charge >= 0.3 is 0 Å². The molecule has 2 atom stereocenters. The highest BCUT2D eigenvalue weighted by atomic mass is 15.3. The minimum atomic E-state index is -0.0910. The van der Waals surface area contributed by atoms with E-state index in [1.807, 2.05) is 6.07 Å². The lowest BCUT2D eigenvalue weighted by atomic mass is 9.94. The second-order valence-corrected chi connectivity index (χ2v) is 7.01. The van der Waals surface area contributed by atoms with Crippen molar-refractivity contribution in [3.8, 4) is 0 Å². The van der Waals surface area contributed by atoms with Crippen molar-refractivity contribution in [2.24, 2.45) is 11.8 Å². The Morgan fingerprint density at radius 2 is 1.95 bits per heavy atom. The third-order valence-electron chi connectivity index (χ3n) is 3.94. The van der Waals surface area contributed by atoms with Crippen LogP contribution < -0.4 is 16.2 Å². The first-order valence-electron chi connectivity index (χ1n) is 7.44. The molecule has 0 aromatic carbocycles. The number of aromatic nitrogens is 2. The predicted molar refractivity (Wildman–Crippen MR) is 83.7 cm³/mol. The molecule has 1 fully saturated rings. The van der Waals surface area contributed by atoms with E-state index in [2.05, 4.69) is 49.9 Å². The van der Waals surface area contributed by atoms with Crippen LogP contribution >= 0.6 is 0 Å². The van der Waals surface area contributed by atoms with E-state index in [1.165, 1.54) is 12.8 Å². The quantitative estimate of drug-likeness (QED) is 0.642. The van der Waals surface area contributed by atoms with Crippen molar-refractivity contribution in [1.82, 2.24) is 9.97 Å². The molecule has 1 saturated heterocycles. The lowest BCUT2D eigenvalue weighted by molar-refractivity contribution is 0.387. The average Bonchev–Trinajstić information content (AvgIpc) is 2.40. The highest BCUT2D eigenvalue weighted by Gasteiger charge is 2.26. The van der Waals surface area contributed by atoms with E-state index in [4.69, 9.17) is 10.8 Å². The zero-order chi connectivity index (χ0) is 14.9. The summed E-state index contributed by atoms with van der Waals surface area (Å²) in [6.07, 6.45) is 2.50. The van der Waals surface area contributed by atoms with Gasteiger partial charge in [-0.25, -0.2) is 15.8 Å². The number of rotatable bonds is 2. The fourth-order valence-electron chi connectivity index (χ4n) is 2.60. The van der Waals surface area contributed by atoms with E-state index in [-0.39, 0.29) is 5.41 Å². The first-order valence-corrected chi connectivity index (χ1v) is 7.44. The van der Waals surface area contributed by atoms with Gasteiger partial charge in [0.1, 0.15) is 17.5 Å². The standard InChI is InChI=1S/C15H27N5/c1-10-6-7-11(2)20(9-10)13-8-12(19-16)17-14(18-13)15(3,4)5/h8,10-11H,6-7,9,16H2,1-5H3,(H,17,18,19). The SMILES string of the molecule is CC1CCC(C)N(c2cc(NN)nc(C(C)(C)C)n2)C1. The van der Waals surface area contributed by atoms with Gasteiger partial charge < -0.3 is 10.3 Å². The van der Waals surface area contributed by atoms with E-state index in [9.17, 15) is 0 Å². The zero-order valence-electron chi connectivity index (χ0n) is 13.3.